The average Bonchev–Trinajstić information content (AvgIpc) is 3.08. The Hall–Kier alpha value is -2.53. The Morgan fingerprint density at radius 1 is 1.21 bits per heavy atom. The van der Waals surface area contributed by atoms with Crippen LogP contribution in [0.1, 0.15) is 59.3 Å². The summed E-state index contributed by atoms with van der Waals surface area (Å²) >= 11 is 0. The molecular weight excluding hydrogens is 345 g/mol. The van der Waals surface area contributed by atoms with Crippen molar-refractivity contribution in [3.63, 3.8) is 0 Å². The first kappa shape index (κ1) is 20.2. The topological polar surface area (TPSA) is 58.4 Å². The van der Waals surface area contributed by atoms with Gasteiger partial charge in [-0.05, 0) is 60.1 Å². The lowest BCUT2D eigenvalue weighted by Crippen LogP contribution is -2.26. The van der Waals surface area contributed by atoms with E-state index in [0.717, 1.165) is 51.8 Å². The van der Waals surface area contributed by atoms with E-state index in [9.17, 15) is 4.79 Å². The van der Waals surface area contributed by atoms with E-state index in [1.165, 1.54) is 0 Å². The fraction of sp³-hybridized carbons (Fsp3) is 0.348. The number of nitrogens with one attached hydrogen (secondary N) is 1. The van der Waals surface area contributed by atoms with Crippen LogP contribution >= 0.6 is 0 Å². The number of fused-ring (bicyclic) bond motifs is 1. The summed E-state index contributed by atoms with van der Waals surface area (Å²) in [6.07, 6.45) is 1.92. The highest BCUT2D eigenvalue weighted by Gasteiger charge is 2.26. The Morgan fingerprint density at radius 2 is 1.93 bits per heavy atom. The van der Waals surface area contributed by atoms with Crippen molar-refractivity contribution in [2.45, 2.75) is 46.7 Å². The van der Waals surface area contributed by atoms with Gasteiger partial charge in [-0.1, -0.05) is 44.1 Å². The van der Waals surface area contributed by atoms with Crippen LogP contribution in [0.4, 0.5) is 5.69 Å². The molecule has 2 aromatic rings. The van der Waals surface area contributed by atoms with Crippen molar-refractivity contribution in [2.75, 3.05) is 5.43 Å². The highest BCUT2D eigenvalue weighted by atomic mass is 16.2. The van der Waals surface area contributed by atoms with Gasteiger partial charge in [-0.15, -0.1) is 0 Å². The number of carbonyl (C=O) groups excluding carboxylic acids is 1. The fourth-order valence-electron chi connectivity index (χ4n) is 3.68. The summed E-state index contributed by atoms with van der Waals surface area (Å²) in [7, 11) is 5.89. The number of carbonyl (C=O) groups is 1. The Kier molecular flexibility index (Phi) is 5.94. The second-order valence-electron chi connectivity index (χ2n) is 8.08. The molecule has 0 saturated heterocycles. The number of hydrazine groups is 1. The molecule has 1 aliphatic heterocycles. The summed E-state index contributed by atoms with van der Waals surface area (Å²) in [6.45, 7) is 11.8. The molecule has 1 amide bonds. The number of hydrogen-bond acceptors (Lipinski definition) is 3. The van der Waals surface area contributed by atoms with E-state index in [0.29, 0.717) is 24.6 Å². The number of hydrogen-bond donors (Lipinski definition) is 2. The molecule has 0 aliphatic carbocycles. The van der Waals surface area contributed by atoms with Crippen LogP contribution in [-0.4, -0.2) is 18.7 Å². The second kappa shape index (κ2) is 8.23. The number of amides is 1. The molecule has 2 radical (unpaired) electrons. The van der Waals surface area contributed by atoms with Gasteiger partial charge in [-0.3, -0.25) is 10.6 Å². The van der Waals surface area contributed by atoms with Gasteiger partial charge < -0.3 is 10.3 Å². The lowest BCUT2D eigenvalue weighted by atomic mass is 9.93. The minimum absolute atomic E-state index is 0.0220. The van der Waals surface area contributed by atoms with Gasteiger partial charge in [0.1, 0.15) is 7.85 Å². The zero-order chi connectivity index (χ0) is 20.4. The van der Waals surface area contributed by atoms with Crippen LogP contribution in [0.3, 0.4) is 0 Å². The number of anilines is 1. The van der Waals surface area contributed by atoms with Gasteiger partial charge in [0.15, 0.2) is 0 Å². The van der Waals surface area contributed by atoms with Gasteiger partial charge in [-0.2, -0.15) is 0 Å². The number of benzene rings is 2. The van der Waals surface area contributed by atoms with E-state index in [-0.39, 0.29) is 5.91 Å². The molecule has 5 heteroatoms. The lowest BCUT2D eigenvalue weighted by molar-refractivity contribution is 0.0750. The van der Waals surface area contributed by atoms with Crippen molar-refractivity contribution in [1.29, 1.82) is 0 Å². The Morgan fingerprint density at radius 3 is 2.61 bits per heavy atom. The molecule has 0 atom stereocenters. The number of nitrogen functional groups attached to an aromatic ring is 1. The second-order valence-corrected chi connectivity index (χ2v) is 8.08. The molecule has 3 rings (SSSR count). The molecule has 0 bridgehead atoms. The summed E-state index contributed by atoms with van der Waals surface area (Å²) in [5, 5.41) is 0. The zero-order valence-corrected chi connectivity index (χ0v) is 17.0. The highest BCUT2D eigenvalue weighted by Crippen LogP contribution is 2.31. The molecule has 4 nitrogen and oxygen atoms in total. The highest BCUT2D eigenvalue weighted by molar-refractivity contribution is 6.32. The quantitative estimate of drug-likeness (QED) is 0.461. The van der Waals surface area contributed by atoms with Gasteiger partial charge in [0.25, 0.3) is 5.91 Å². The van der Waals surface area contributed by atoms with Crippen LogP contribution in [0.5, 0.6) is 0 Å². The normalized spacial score (nSPS) is 13.0. The van der Waals surface area contributed by atoms with E-state index in [1.54, 1.807) is 0 Å². The maximum Gasteiger partial charge on any atom is 0.254 e. The van der Waals surface area contributed by atoms with E-state index in [4.69, 9.17) is 13.7 Å². The summed E-state index contributed by atoms with van der Waals surface area (Å²) in [5.41, 5.74) is 10.1. The third-order valence-corrected chi connectivity index (χ3v) is 5.39. The lowest BCUT2D eigenvalue weighted by Gasteiger charge is -2.20. The molecule has 144 valence electrons. The third kappa shape index (κ3) is 4.15. The molecule has 1 aliphatic rings. The molecule has 3 N–H and O–H groups in total. The minimum Gasteiger partial charge on any atom is -0.330 e. The van der Waals surface area contributed by atoms with E-state index >= 15 is 0 Å². The number of nitrogens with zero attached hydrogens (tertiary/aromatic N) is 1. The zero-order valence-electron chi connectivity index (χ0n) is 17.0. The van der Waals surface area contributed by atoms with E-state index in [1.807, 2.05) is 42.2 Å². The monoisotopic (exact) mass is 373 g/mol. The first-order valence-electron chi connectivity index (χ1n) is 9.76. The smallest absolute Gasteiger partial charge is 0.254 e. The van der Waals surface area contributed by atoms with Crippen molar-refractivity contribution in [3.05, 3.63) is 64.7 Å². The summed E-state index contributed by atoms with van der Waals surface area (Å²) in [5.74, 6) is 6.35. The predicted molar refractivity (Wildman–Crippen MR) is 118 cm³/mol. The fourth-order valence-corrected chi connectivity index (χ4v) is 3.68. The first-order chi connectivity index (χ1) is 13.3. The molecule has 28 heavy (non-hydrogen) atoms. The van der Waals surface area contributed by atoms with Crippen LogP contribution < -0.4 is 16.7 Å². The van der Waals surface area contributed by atoms with Crippen LogP contribution in [0.2, 0.25) is 0 Å². The predicted octanol–water partition coefficient (Wildman–Crippen LogP) is 3.68. The van der Waals surface area contributed by atoms with Crippen LogP contribution in [0.15, 0.2) is 36.9 Å². The molecule has 2 aromatic carbocycles. The van der Waals surface area contributed by atoms with Gasteiger partial charge in [0, 0.05) is 24.2 Å². The van der Waals surface area contributed by atoms with E-state index in [2.05, 4.69) is 25.9 Å². The SMILES string of the molecule is [B]c1ccc2c(c1)CN(C(=O)c1cc(C(=C)CCC(C)C)c(NN)cc1C)C2. The van der Waals surface area contributed by atoms with Crippen molar-refractivity contribution < 1.29 is 4.79 Å². The summed E-state index contributed by atoms with van der Waals surface area (Å²) < 4.78 is 0. The Labute approximate surface area is 169 Å². The minimum atomic E-state index is 0.0220. The maximum absolute atomic E-state index is 13.3. The first-order valence-corrected chi connectivity index (χ1v) is 9.76. The van der Waals surface area contributed by atoms with Crippen LogP contribution in [0.25, 0.3) is 5.57 Å². The number of allylic oxidation sites excluding steroid dienone is 1. The van der Waals surface area contributed by atoms with Gasteiger partial charge in [0.2, 0.25) is 0 Å². The molecular formula is C23H28BN3O. The van der Waals surface area contributed by atoms with Crippen molar-refractivity contribution in [3.8, 4) is 0 Å². The molecule has 1 heterocycles. The third-order valence-electron chi connectivity index (χ3n) is 5.39. The van der Waals surface area contributed by atoms with Crippen molar-refractivity contribution in [1.82, 2.24) is 4.90 Å². The van der Waals surface area contributed by atoms with Gasteiger partial charge >= 0.3 is 0 Å². The van der Waals surface area contributed by atoms with Gasteiger partial charge in [-0.25, -0.2) is 0 Å². The number of rotatable bonds is 6. The average molecular weight is 373 g/mol. The van der Waals surface area contributed by atoms with Gasteiger partial charge in [0.05, 0.1) is 5.69 Å². The Balaban J connectivity index is 1.88. The number of aryl methyl sites for hydroxylation is 1. The summed E-state index contributed by atoms with van der Waals surface area (Å²) in [4.78, 5) is 15.1. The maximum atomic E-state index is 13.3. The van der Waals surface area contributed by atoms with E-state index < -0.39 is 0 Å². The standard InChI is InChI=1S/C23H28BN3O/c1-14(2)5-6-15(3)20-11-21(16(4)9-22(20)26-25)23(28)27-12-17-7-8-19(24)10-18(17)13-27/h7-11,14,26H,3,5-6,12-13,25H2,1-2,4H3. The molecule has 0 spiro atoms. The van der Waals surface area contributed by atoms with Crippen molar-refractivity contribution in [2.24, 2.45) is 11.8 Å². The molecule has 0 unspecified atom stereocenters. The van der Waals surface area contributed by atoms with Crippen molar-refractivity contribution >= 4 is 30.5 Å². The molecule has 0 saturated carbocycles. The van der Waals surface area contributed by atoms with Crippen LogP contribution in [-0.2, 0) is 13.1 Å². The molecule has 0 aromatic heterocycles. The Bertz CT molecular complexity index is 920. The number of nitrogens with two attached hydrogens (primary N) is 1. The summed E-state index contributed by atoms with van der Waals surface area (Å²) in [6, 6.07) is 9.72. The molecule has 0 fully saturated rings. The largest absolute Gasteiger partial charge is 0.330 e. The van der Waals surface area contributed by atoms with Crippen LogP contribution in [0, 0.1) is 12.8 Å².